The highest BCUT2D eigenvalue weighted by Gasteiger charge is 2.22. The van der Waals surface area contributed by atoms with Crippen molar-refractivity contribution in [2.75, 3.05) is 27.3 Å². The zero-order valence-electron chi connectivity index (χ0n) is 25.3. The molecule has 0 unspecified atom stereocenters. The van der Waals surface area contributed by atoms with Crippen LogP contribution in [0.25, 0.3) is 28.0 Å². The van der Waals surface area contributed by atoms with Crippen molar-refractivity contribution in [2.45, 2.75) is 44.5 Å². The minimum absolute atomic E-state index is 0.00344. The van der Waals surface area contributed by atoms with E-state index in [1.54, 1.807) is 36.5 Å². The largest absolute Gasteiger partial charge is 0.481 e. The van der Waals surface area contributed by atoms with Crippen LogP contribution in [0.2, 0.25) is 5.02 Å². The predicted molar refractivity (Wildman–Crippen MR) is 169 cm³/mol. The van der Waals surface area contributed by atoms with E-state index in [1.807, 2.05) is 0 Å². The number of methoxy groups -OCH3 is 2. The van der Waals surface area contributed by atoms with Gasteiger partial charge in [-0.05, 0) is 24.1 Å². The van der Waals surface area contributed by atoms with Gasteiger partial charge in [-0.2, -0.15) is 0 Å². The molecule has 1 aliphatic rings. The molecule has 0 aliphatic carbocycles. The quantitative estimate of drug-likeness (QED) is 0.158. The molecule has 2 atom stereocenters. The molecule has 4 aromatic rings. The van der Waals surface area contributed by atoms with Crippen LogP contribution in [0.4, 0.5) is 4.39 Å². The van der Waals surface area contributed by atoms with Gasteiger partial charge in [-0.1, -0.05) is 29.8 Å². The van der Waals surface area contributed by atoms with Gasteiger partial charge in [0, 0.05) is 73.8 Å². The molecule has 1 fully saturated rings. The molecule has 4 heterocycles. The van der Waals surface area contributed by atoms with Crippen molar-refractivity contribution in [1.82, 2.24) is 30.3 Å². The van der Waals surface area contributed by atoms with E-state index in [9.17, 15) is 19.5 Å². The number of nitrogens with one attached hydrogen (secondary N) is 3. The fraction of sp³-hybridized carbons (Fsp3) is 0.344. The maximum Gasteiger partial charge on any atom is 0.308 e. The number of hydrogen-bond acceptors (Lipinski definition) is 10. The van der Waals surface area contributed by atoms with Crippen molar-refractivity contribution >= 4 is 29.1 Å². The molecule has 1 amide bonds. The second-order valence-corrected chi connectivity index (χ2v) is 11.3. The Morgan fingerprint density at radius 1 is 1.20 bits per heavy atom. The molecule has 3 aromatic heterocycles. The standard InChI is InChI=1S/C32H34ClFN6O6/c1-45-29(43)11-21(41)16-35-13-19-14-37-27-10-18(8-9-40(27)32(19)44)22-4-3-5-23(30(22)33)26-12-25(34)24(31(39-26)46-2)17-36-15-20-6-7-28(42)38-20/h3-5,8-10,12,14,20-21,35-36,41H,6-7,11,13,15-17H2,1-2H3,(H,38,42)/t20-,21-/m0/s1. The Morgan fingerprint density at radius 2 is 2.00 bits per heavy atom. The summed E-state index contributed by atoms with van der Waals surface area (Å²) in [5.74, 6) is -0.901. The number of aliphatic hydroxyl groups excluding tert-OH is 1. The van der Waals surface area contributed by atoms with E-state index in [0.717, 1.165) is 6.42 Å². The van der Waals surface area contributed by atoms with Crippen LogP contribution in [0.1, 0.15) is 30.4 Å². The van der Waals surface area contributed by atoms with Gasteiger partial charge in [0.25, 0.3) is 5.56 Å². The van der Waals surface area contributed by atoms with Crippen LogP contribution >= 0.6 is 11.6 Å². The Balaban J connectivity index is 1.33. The number of halogens is 2. The number of pyridine rings is 2. The number of hydrogen-bond donors (Lipinski definition) is 4. The number of nitrogens with zero attached hydrogens (tertiary/aromatic N) is 3. The van der Waals surface area contributed by atoms with Crippen molar-refractivity contribution < 1.29 is 28.6 Å². The number of esters is 1. The zero-order valence-corrected chi connectivity index (χ0v) is 26.1. The summed E-state index contributed by atoms with van der Waals surface area (Å²) < 4.78 is 26.8. The van der Waals surface area contributed by atoms with E-state index in [0.29, 0.717) is 45.9 Å². The summed E-state index contributed by atoms with van der Waals surface area (Å²) >= 11 is 6.87. The number of benzene rings is 1. The van der Waals surface area contributed by atoms with Crippen LogP contribution < -0.4 is 26.2 Å². The molecule has 46 heavy (non-hydrogen) atoms. The maximum atomic E-state index is 15.4. The van der Waals surface area contributed by atoms with E-state index in [4.69, 9.17) is 16.3 Å². The molecule has 1 aliphatic heterocycles. The molecule has 0 spiro atoms. The summed E-state index contributed by atoms with van der Waals surface area (Å²) in [6.45, 7) is 0.901. The topological polar surface area (TPSA) is 156 Å². The molecule has 1 saturated heterocycles. The molecular formula is C32H34ClFN6O6. The molecular weight excluding hydrogens is 619 g/mol. The van der Waals surface area contributed by atoms with Crippen molar-refractivity contribution in [1.29, 1.82) is 0 Å². The van der Waals surface area contributed by atoms with Crippen LogP contribution in [-0.4, -0.2) is 70.8 Å². The van der Waals surface area contributed by atoms with E-state index in [2.05, 4.69) is 30.7 Å². The van der Waals surface area contributed by atoms with Crippen LogP contribution in [0.5, 0.6) is 5.88 Å². The average Bonchev–Trinajstić information content (AvgIpc) is 3.47. The third-order valence-electron chi connectivity index (χ3n) is 7.69. The number of carbonyl (C=O) groups excluding carboxylic acids is 2. The molecule has 14 heteroatoms. The molecule has 1 aromatic carbocycles. The minimum Gasteiger partial charge on any atom is -0.481 e. The van der Waals surface area contributed by atoms with Gasteiger partial charge in [-0.15, -0.1) is 0 Å². The van der Waals surface area contributed by atoms with Crippen molar-refractivity contribution in [3.63, 3.8) is 0 Å². The lowest BCUT2D eigenvalue weighted by atomic mass is 10.0. The summed E-state index contributed by atoms with van der Waals surface area (Å²) in [5.41, 5.74) is 2.83. The molecule has 0 radical (unpaired) electrons. The van der Waals surface area contributed by atoms with Gasteiger partial charge in [-0.3, -0.25) is 18.8 Å². The first kappa shape index (κ1) is 32.9. The molecule has 242 valence electrons. The molecule has 5 rings (SSSR count). The van der Waals surface area contributed by atoms with Crippen LogP contribution in [-0.2, 0) is 27.4 Å². The number of aliphatic hydroxyl groups is 1. The minimum atomic E-state index is -0.951. The highest BCUT2D eigenvalue weighted by molar-refractivity contribution is 6.36. The zero-order chi connectivity index (χ0) is 32.8. The van der Waals surface area contributed by atoms with Crippen LogP contribution in [0.15, 0.2) is 53.6 Å². The van der Waals surface area contributed by atoms with Gasteiger partial charge in [0.1, 0.15) is 11.5 Å². The highest BCUT2D eigenvalue weighted by atomic mass is 35.5. The summed E-state index contributed by atoms with van der Waals surface area (Å²) in [5, 5.41) is 19.3. The summed E-state index contributed by atoms with van der Waals surface area (Å²) in [7, 11) is 2.67. The fourth-order valence-electron chi connectivity index (χ4n) is 5.26. The number of rotatable bonds is 13. The van der Waals surface area contributed by atoms with Crippen molar-refractivity contribution in [3.8, 4) is 28.3 Å². The molecule has 0 saturated carbocycles. The summed E-state index contributed by atoms with van der Waals surface area (Å²) in [6, 6.07) is 10.1. The normalized spacial score (nSPS) is 15.2. The van der Waals surface area contributed by atoms with Gasteiger partial charge >= 0.3 is 5.97 Å². The Morgan fingerprint density at radius 3 is 2.74 bits per heavy atom. The number of fused-ring (bicyclic) bond motifs is 1. The monoisotopic (exact) mass is 652 g/mol. The molecule has 4 N–H and O–H groups in total. The number of carbonyl (C=O) groups is 2. The lowest BCUT2D eigenvalue weighted by Crippen LogP contribution is -2.35. The number of ether oxygens (including phenoxy) is 2. The highest BCUT2D eigenvalue weighted by Crippen LogP contribution is 2.37. The van der Waals surface area contributed by atoms with Gasteiger partial charge in [0.15, 0.2) is 0 Å². The first-order valence-electron chi connectivity index (χ1n) is 14.7. The predicted octanol–water partition coefficient (Wildman–Crippen LogP) is 2.61. The first-order valence-corrected chi connectivity index (χ1v) is 15.0. The van der Waals surface area contributed by atoms with Gasteiger partial charge < -0.3 is 30.5 Å². The third-order valence-corrected chi connectivity index (χ3v) is 8.10. The van der Waals surface area contributed by atoms with Gasteiger partial charge in [-0.25, -0.2) is 14.4 Å². The van der Waals surface area contributed by atoms with E-state index >= 15 is 4.39 Å². The fourth-order valence-corrected chi connectivity index (χ4v) is 5.60. The van der Waals surface area contributed by atoms with Gasteiger partial charge in [0.2, 0.25) is 11.8 Å². The van der Waals surface area contributed by atoms with E-state index < -0.39 is 17.9 Å². The Hall–Kier alpha value is -4.43. The smallest absolute Gasteiger partial charge is 0.308 e. The van der Waals surface area contributed by atoms with Crippen molar-refractivity contribution in [2.24, 2.45) is 0 Å². The second kappa shape index (κ2) is 14.8. The SMILES string of the molecule is COC(=O)C[C@H](O)CNCc1cnc2cc(-c3cccc(-c4cc(F)c(CNC[C@@H]5CCC(=O)N5)c(OC)n4)c3Cl)ccn2c1=O. The second-order valence-electron chi connectivity index (χ2n) is 10.9. The van der Waals surface area contributed by atoms with Crippen LogP contribution in [0.3, 0.4) is 0 Å². The number of amides is 1. The van der Waals surface area contributed by atoms with E-state index in [1.165, 1.54) is 30.9 Å². The summed E-state index contributed by atoms with van der Waals surface area (Å²) in [6.07, 6.45) is 3.16. The third kappa shape index (κ3) is 7.50. The molecule has 0 bridgehead atoms. The Kier molecular flexibility index (Phi) is 10.6. The molecule has 12 nitrogen and oxygen atoms in total. The average molecular weight is 653 g/mol. The lowest BCUT2D eigenvalue weighted by Gasteiger charge is -2.15. The lowest BCUT2D eigenvalue weighted by molar-refractivity contribution is -0.142. The maximum absolute atomic E-state index is 15.4. The number of aromatic nitrogens is 3. The van der Waals surface area contributed by atoms with E-state index in [-0.39, 0.29) is 60.7 Å². The summed E-state index contributed by atoms with van der Waals surface area (Å²) in [4.78, 5) is 44.8. The Bertz CT molecular complexity index is 1820. The van der Waals surface area contributed by atoms with Crippen molar-refractivity contribution in [3.05, 3.63) is 81.1 Å². The first-order chi connectivity index (χ1) is 22.2. The Labute approximate surface area is 268 Å². The van der Waals surface area contributed by atoms with Crippen LogP contribution in [0, 0.1) is 5.82 Å². The van der Waals surface area contributed by atoms with Gasteiger partial charge in [0.05, 0.1) is 43.0 Å².